The SMILES string of the molecule is Cc1nc2ccccc2c(NC2CCN(S(=O)(=O)CC(C)C)CC2)c1C. The topological polar surface area (TPSA) is 62.3 Å². The molecule has 0 aliphatic carbocycles. The monoisotopic (exact) mass is 375 g/mol. The maximum Gasteiger partial charge on any atom is 0.214 e. The number of aromatic nitrogens is 1. The summed E-state index contributed by atoms with van der Waals surface area (Å²) in [6, 6.07) is 8.45. The molecule has 1 fully saturated rings. The summed E-state index contributed by atoms with van der Waals surface area (Å²) >= 11 is 0. The van der Waals surface area contributed by atoms with E-state index < -0.39 is 10.0 Å². The van der Waals surface area contributed by atoms with Gasteiger partial charge < -0.3 is 5.32 Å². The first-order valence-electron chi connectivity index (χ1n) is 9.38. The predicted molar refractivity (Wildman–Crippen MR) is 108 cm³/mol. The molecule has 0 amide bonds. The van der Waals surface area contributed by atoms with E-state index in [1.807, 2.05) is 39.0 Å². The Kier molecular flexibility index (Phi) is 5.53. The molecule has 0 atom stereocenters. The Hall–Kier alpha value is -1.66. The third kappa shape index (κ3) is 4.01. The summed E-state index contributed by atoms with van der Waals surface area (Å²) in [7, 11) is -3.13. The van der Waals surface area contributed by atoms with E-state index in [1.165, 1.54) is 5.56 Å². The number of nitrogens with zero attached hydrogens (tertiary/aromatic N) is 2. The molecule has 5 nitrogen and oxygen atoms in total. The van der Waals surface area contributed by atoms with Gasteiger partial charge in [-0.15, -0.1) is 0 Å². The number of benzene rings is 1. The summed E-state index contributed by atoms with van der Waals surface area (Å²) < 4.78 is 26.5. The van der Waals surface area contributed by atoms with Gasteiger partial charge in [0.1, 0.15) is 0 Å². The average Bonchev–Trinajstić information content (AvgIpc) is 2.58. The van der Waals surface area contributed by atoms with Crippen LogP contribution >= 0.6 is 0 Å². The fourth-order valence-electron chi connectivity index (χ4n) is 3.63. The van der Waals surface area contributed by atoms with Gasteiger partial charge in [-0.05, 0) is 44.2 Å². The van der Waals surface area contributed by atoms with Gasteiger partial charge in [0.2, 0.25) is 10.0 Å². The van der Waals surface area contributed by atoms with Gasteiger partial charge in [-0.1, -0.05) is 32.0 Å². The van der Waals surface area contributed by atoms with Crippen LogP contribution in [0.2, 0.25) is 0 Å². The number of anilines is 1. The van der Waals surface area contributed by atoms with Gasteiger partial charge in [-0.2, -0.15) is 0 Å². The molecule has 1 aliphatic rings. The van der Waals surface area contributed by atoms with Crippen LogP contribution in [0.15, 0.2) is 24.3 Å². The maximum atomic E-state index is 12.4. The molecule has 142 valence electrons. The molecule has 0 unspecified atom stereocenters. The third-order valence-corrected chi connectivity index (χ3v) is 7.36. The second-order valence-corrected chi connectivity index (χ2v) is 9.72. The van der Waals surface area contributed by atoms with Crippen molar-refractivity contribution >= 4 is 26.6 Å². The Bertz CT molecular complexity index is 885. The highest BCUT2D eigenvalue weighted by atomic mass is 32.2. The van der Waals surface area contributed by atoms with Crippen LogP contribution in [0.5, 0.6) is 0 Å². The molecule has 26 heavy (non-hydrogen) atoms. The molecule has 2 heterocycles. The van der Waals surface area contributed by atoms with E-state index >= 15 is 0 Å². The number of rotatable bonds is 5. The fraction of sp³-hybridized carbons (Fsp3) is 0.550. The van der Waals surface area contributed by atoms with E-state index in [1.54, 1.807) is 4.31 Å². The van der Waals surface area contributed by atoms with Crippen molar-refractivity contribution in [2.24, 2.45) is 5.92 Å². The third-order valence-electron chi connectivity index (χ3n) is 5.12. The van der Waals surface area contributed by atoms with Crippen molar-refractivity contribution in [2.45, 2.75) is 46.6 Å². The van der Waals surface area contributed by atoms with Crippen LogP contribution < -0.4 is 5.32 Å². The van der Waals surface area contributed by atoms with E-state index in [-0.39, 0.29) is 17.7 Å². The molecular formula is C20H29N3O2S. The van der Waals surface area contributed by atoms with Crippen molar-refractivity contribution in [2.75, 3.05) is 24.2 Å². The van der Waals surface area contributed by atoms with Gasteiger partial charge >= 0.3 is 0 Å². The van der Waals surface area contributed by atoms with E-state index in [0.29, 0.717) is 13.1 Å². The molecule has 0 saturated carbocycles. The van der Waals surface area contributed by atoms with Crippen LogP contribution in [-0.4, -0.2) is 42.6 Å². The maximum absolute atomic E-state index is 12.4. The molecule has 1 aliphatic heterocycles. The highest BCUT2D eigenvalue weighted by Gasteiger charge is 2.28. The minimum absolute atomic E-state index is 0.157. The first kappa shape index (κ1) is 19.1. The van der Waals surface area contributed by atoms with Crippen LogP contribution in [0, 0.1) is 19.8 Å². The number of aryl methyl sites for hydroxylation is 1. The standard InChI is InChI=1S/C20H29N3O2S/c1-14(2)13-26(24,25)23-11-9-17(10-12-23)22-20-15(3)16(4)21-19-8-6-5-7-18(19)20/h5-8,14,17H,9-13H2,1-4H3,(H,21,22). The molecule has 3 rings (SSSR count). The Labute approximate surface area is 156 Å². The fourth-order valence-corrected chi connectivity index (χ4v) is 5.45. The number of pyridine rings is 1. The quantitative estimate of drug-likeness (QED) is 0.865. The van der Waals surface area contributed by atoms with Crippen molar-refractivity contribution < 1.29 is 8.42 Å². The van der Waals surface area contributed by atoms with Crippen LogP contribution in [0.25, 0.3) is 10.9 Å². The number of hydrogen-bond acceptors (Lipinski definition) is 4. The van der Waals surface area contributed by atoms with Crippen molar-refractivity contribution in [1.29, 1.82) is 0 Å². The zero-order valence-electron chi connectivity index (χ0n) is 16.1. The molecule has 0 spiro atoms. The van der Waals surface area contributed by atoms with Gasteiger partial charge in [-0.25, -0.2) is 12.7 Å². The molecule has 6 heteroatoms. The number of nitrogens with one attached hydrogen (secondary N) is 1. The largest absolute Gasteiger partial charge is 0.381 e. The minimum Gasteiger partial charge on any atom is -0.381 e. The second-order valence-electron chi connectivity index (χ2n) is 7.70. The van der Waals surface area contributed by atoms with Crippen LogP contribution in [0.1, 0.15) is 37.9 Å². The first-order valence-corrected chi connectivity index (χ1v) is 11.0. The molecule has 0 radical (unpaired) electrons. The smallest absolute Gasteiger partial charge is 0.214 e. The number of para-hydroxylation sites is 1. The molecule has 2 aromatic rings. The lowest BCUT2D eigenvalue weighted by atomic mass is 10.0. The molecule has 0 bridgehead atoms. The lowest BCUT2D eigenvalue weighted by Gasteiger charge is -2.33. The lowest BCUT2D eigenvalue weighted by molar-refractivity contribution is 0.328. The Morgan fingerprint density at radius 1 is 1.19 bits per heavy atom. The number of piperidine rings is 1. The zero-order valence-corrected chi connectivity index (χ0v) is 16.9. The summed E-state index contributed by atoms with van der Waals surface area (Å²) in [5, 5.41) is 4.81. The molecule has 1 aromatic heterocycles. The lowest BCUT2D eigenvalue weighted by Crippen LogP contribution is -2.43. The van der Waals surface area contributed by atoms with E-state index in [2.05, 4.69) is 23.3 Å². The number of sulfonamides is 1. The number of fused-ring (bicyclic) bond motifs is 1. The summed E-state index contributed by atoms with van der Waals surface area (Å²) in [4.78, 5) is 4.67. The molecular weight excluding hydrogens is 346 g/mol. The van der Waals surface area contributed by atoms with Gasteiger partial charge in [0.15, 0.2) is 0 Å². The Balaban J connectivity index is 1.75. The minimum atomic E-state index is -3.13. The average molecular weight is 376 g/mol. The number of hydrogen-bond donors (Lipinski definition) is 1. The van der Waals surface area contributed by atoms with Gasteiger partial charge in [-0.3, -0.25) is 4.98 Å². The second kappa shape index (κ2) is 7.53. The Morgan fingerprint density at radius 3 is 2.50 bits per heavy atom. The highest BCUT2D eigenvalue weighted by Crippen LogP contribution is 2.30. The van der Waals surface area contributed by atoms with Gasteiger partial charge in [0, 0.05) is 35.9 Å². The normalized spacial score (nSPS) is 17.1. The zero-order chi connectivity index (χ0) is 18.9. The van der Waals surface area contributed by atoms with Crippen LogP contribution in [0.3, 0.4) is 0 Å². The summed E-state index contributed by atoms with van der Waals surface area (Å²) in [6.45, 7) is 9.21. The Morgan fingerprint density at radius 2 is 1.85 bits per heavy atom. The molecule has 1 N–H and O–H groups in total. The van der Waals surface area contributed by atoms with Crippen LogP contribution in [-0.2, 0) is 10.0 Å². The summed E-state index contributed by atoms with van der Waals surface area (Å²) in [5.74, 6) is 0.392. The molecule has 1 saturated heterocycles. The van der Waals surface area contributed by atoms with E-state index in [0.717, 1.165) is 35.1 Å². The first-order chi connectivity index (χ1) is 12.3. The van der Waals surface area contributed by atoms with E-state index in [4.69, 9.17) is 0 Å². The van der Waals surface area contributed by atoms with Crippen LogP contribution in [0.4, 0.5) is 5.69 Å². The summed E-state index contributed by atoms with van der Waals surface area (Å²) in [6.07, 6.45) is 1.65. The van der Waals surface area contributed by atoms with Crippen molar-refractivity contribution in [3.63, 3.8) is 0 Å². The van der Waals surface area contributed by atoms with Gasteiger partial charge in [0.25, 0.3) is 0 Å². The summed E-state index contributed by atoms with van der Waals surface area (Å²) in [5.41, 5.74) is 4.33. The van der Waals surface area contributed by atoms with Crippen molar-refractivity contribution in [1.82, 2.24) is 9.29 Å². The van der Waals surface area contributed by atoms with Crippen molar-refractivity contribution in [3.8, 4) is 0 Å². The van der Waals surface area contributed by atoms with Crippen molar-refractivity contribution in [3.05, 3.63) is 35.5 Å². The van der Waals surface area contributed by atoms with E-state index in [9.17, 15) is 8.42 Å². The molecule has 1 aromatic carbocycles. The van der Waals surface area contributed by atoms with Gasteiger partial charge in [0.05, 0.1) is 11.3 Å². The predicted octanol–water partition coefficient (Wildman–Crippen LogP) is 3.71. The highest BCUT2D eigenvalue weighted by molar-refractivity contribution is 7.89.